The molecule has 1 aliphatic carbocycles. The smallest absolute Gasteiger partial charge is 0.250 e. The van der Waals surface area contributed by atoms with Gasteiger partial charge in [0, 0.05) is 37.5 Å². The number of hydrogen-bond acceptors (Lipinski definition) is 4. The summed E-state index contributed by atoms with van der Waals surface area (Å²) in [5.41, 5.74) is 4.16. The Labute approximate surface area is 195 Å². The predicted molar refractivity (Wildman–Crippen MR) is 125 cm³/mol. The Morgan fingerprint density at radius 1 is 1.30 bits per heavy atom. The molecule has 1 aromatic heterocycles. The van der Waals surface area contributed by atoms with Crippen molar-refractivity contribution in [3.63, 3.8) is 0 Å². The predicted octanol–water partition coefficient (Wildman–Crippen LogP) is 3.23. The lowest BCUT2D eigenvalue weighted by molar-refractivity contribution is -0.140. The Kier molecular flexibility index (Phi) is 6.96. The molecule has 3 amide bonds. The van der Waals surface area contributed by atoms with Gasteiger partial charge in [-0.2, -0.15) is 0 Å². The molecular formula is C26H34N4O3. The molecule has 33 heavy (non-hydrogen) atoms. The van der Waals surface area contributed by atoms with Crippen LogP contribution in [0.2, 0.25) is 0 Å². The first-order valence-corrected chi connectivity index (χ1v) is 12.1. The Hall–Kier alpha value is -2.96. The van der Waals surface area contributed by atoms with E-state index in [0.29, 0.717) is 31.7 Å². The molecule has 176 valence electrons. The van der Waals surface area contributed by atoms with Gasteiger partial charge < -0.3 is 10.6 Å². The lowest BCUT2D eigenvalue weighted by Gasteiger charge is -2.29. The molecule has 3 aliphatic rings. The fourth-order valence-electron chi connectivity index (χ4n) is 5.10. The zero-order valence-electron chi connectivity index (χ0n) is 19.8. The van der Waals surface area contributed by atoms with Gasteiger partial charge in [0.05, 0.1) is 0 Å². The summed E-state index contributed by atoms with van der Waals surface area (Å²) in [5, 5.41) is 5.96. The molecule has 4 rings (SSSR count). The molecule has 4 unspecified atom stereocenters. The molecule has 4 atom stereocenters. The maximum atomic E-state index is 13.7. The quantitative estimate of drug-likeness (QED) is 0.667. The van der Waals surface area contributed by atoms with Crippen LogP contribution >= 0.6 is 0 Å². The van der Waals surface area contributed by atoms with Crippen LogP contribution < -0.4 is 10.6 Å². The highest BCUT2D eigenvalue weighted by Gasteiger charge is 2.46. The van der Waals surface area contributed by atoms with Crippen LogP contribution in [0.25, 0.3) is 0 Å². The van der Waals surface area contributed by atoms with Gasteiger partial charge in [0.25, 0.3) is 0 Å². The van der Waals surface area contributed by atoms with Gasteiger partial charge in [-0.3, -0.25) is 24.3 Å². The van der Waals surface area contributed by atoms with Gasteiger partial charge in [-0.05, 0) is 53.9 Å². The highest BCUT2D eigenvalue weighted by Crippen LogP contribution is 2.44. The molecule has 2 N–H and O–H groups in total. The zero-order chi connectivity index (χ0) is 23.5. The number of allylic oxidation sites excluding steroid dienone is 3. The largest absolute Gasteiger partial charge is 0.350 e. The molecule has 0 bridgehead atoms. The maximum absolute atomic E-state index is 13.7. The van der Waals surface area contributed by atoms with Crippen LogP contribution in [0.1, 0.15) is 64.9 Å². The monoisotopic (exact) mass is 450 g/mol. The van der Waals surface area contributed by atoms with Crippen molar-refractivity contribution in [1.29, 1.82) is 0 Å². The third-order valence-electron chi connectivity index (χ3n) is 6.99. The second-order valence-electron chi connectivity index (χ2n) is 9.71. The second-order valence-corrected chi connectivity index (χ2v) is 9.71. The number of pyridine rings is 1. The highest BCUT2D eigenvalue weighted by atomic mass is 16.2. The molecule has 2 aliphatic heterocycles. The van der Waals surface area contributed by atoms with E-state index in [0.717, 1.165) is 36.1 Å². The minimum Gasteiger partial charge on any atom is -0.350 e. The molecule has 0 radical (unpaired) electrons. The third kappa shape index (κ3) is 5.02. The Morgan fingerprint density at radius 2 is 2.12 bits per heavy atom. The molecule has 0 spiro atoms. The lowest BCUT2D eigenvalue weighted by atomic mass is 9.87. The van der Waals surface area contributed by atoms with Gasteiger partial charge in [-0.15, -0.1) is 0 Å². The van der Waals surface area contributed by atoms with Crippen molar-refractivity contribution in [2.75, 3.05) is 0 Å². The molecule has 1 fully saturated rings. The average Bonchev–Trinajstić information content (AvgIpc) is 3.13. The highest BCUT2D eigenvalue weighted by molar-refractivity contribution is 5.95. The van der Waals surface area contributed by atoms with Gasteiger partial charge in [0.15, 0.2) is 0 Å². The molecular weight excluding hydrogens is 416 g/mol. The summed E-state index contributed by atoms with van der Waals surface area (Å²) in [7, 11) is 0. The fraction of sp³-hybridized carbons (Fsp3) is 0.538. The standard InChI is InChI=1S/C26H34N4O3/c1-4-16(2)12-23(31)29-21-8-7-19-10-17(3)11-20-13-22(30(24(19)20)26(21)33)25(32)28-15-18-6-5-9-27-14-18/h5-6,9,11,14,16-17,21-22H,4,7-8,10,12-13,15H2,1-3H3,(H,28,32)(H,29,31). The van der Waals surface area contributed by atoms with Crippen LogP contribution in [-0.4, -0.2) is 39.7 Å². The van der Waals surface area contributed by atoms with E-state index < -0.39 is 12.1 Å². The maximum Gasteiger partial charge on any atom is 0.250 e. The van der Waals surface area contributed by atoms with E-state index in [1.807, 2.05) is 19.1 Å². The van der Waals surface area contributed by atoms with E-state index >= 15 is 0 Å². The van der Waals surface area contributed by atoms with Crippen LogP contribution in [-0.2, 0) is 20.9 Å². The van der Waals surface area contributed by atoms with Crippen molar-refractivity contribution in [3.8, 4) is 0 Å². The molecule has 0 saturated carbocycles. The molecule has 1 aromatic rings. The van der Waals surface area contributed by atoms with Gasteiger partial charge in [-0.1, -0.05) is 39.3 Å². The number of rotatable bonds is 7. The first-order valence-electron chi connectivity index (χ1n) is 12.1. The third-order valence-corrected chi connectivity index (χ3v) is 6.99. The van der Waals surface area contributed by atoms with Gasteiger partial charge in [0.2, 0.25) is 17.7 Å². The van der Waals surface area contributed by atoms with Gasteiger partial charge in [-0.25, -0.2) is 0 Å². The summed E-state index contributed by atoms with van der Waals surface area (Å²) in [4.78, 5) is 45.3. The Bertz CT molecular complexity index is 985. The van der Waals surface area contributed by atoms with E-state index in [2.05, 4.69) is 35.5 Å². The average molecular weight is 451 g/mol. The summed E-state index contributed by atoms with van der Waals surface area (Å²) in [6.45, 7) is 6.63. The van der Waals surface area contributed by atoms with E-state index in [-0.39, 0.29) is 23.6 Å². The Balaban J connectivity index is 1.55. The van der Waals surface area contributed by atoms with Crippen molar-refractivity contribution in [1.82, 2.24) is 20.5 Å². The lowest BCUT2D eigenvalue weighted by Crippen LogP contribution is -2.52. The van der Waals surface area contributed by atoms with Crippen molar-refractivity contribution >= 4 is 17.7 Å². The van der Waals surface area contributed by atoms with E-state index in [1.165, 1.54) is 5.57 Å². The zero-order valence-corrected chi connectivity index (χ0v) is 19.8. The fourth-order valence-corrected chi connectivity index (χ4v) is 5.10. The number of hydrogen-bond donors (Lipinski definition) is 2. The first kappa shape index (κ1) is 23.2. The number of nitrogens with zero attached hydrogens (tertiary/aromatic N) is 2. The summed E-state index contributed by atoms with van der Waals surface area (Å²) in [6, 6.07) is 2.55. The first-order chi connectivity index (χ1) is 15.9. The van der Waals surface area contributed by atoms with E-state index in [1.54, 1.807) is 17.3 Å². The van der Waals surface area contributed by atoms with Crippen molar-refractivity contribution in [3.05, 3.63) is 53.0 Å². The van der Waals surface area contributed by atoms with Crippen LogP contribution in [0.15, 0.2) is 47.4 Å². The van der Waals surface area contributed by atoms with E-state index in [4.69, 9.17) is 0 Å². The summed E-state index contributed by atoms with van der Waals surface area (Å²) < 4.78 is 0. The van der Waals surface area contributed by atoms with Crippen molar-refractivity contribution in [2.45, 2.75) is 77.9 Å². The molecule has 7 nitrogen and oxygen atoms in total. The minimum atomic E-state index is -0.601. The van der Waals surface area contributed by atoms with Crippen LogP contribution in [0.4, 0.5) is 0 Å². The summed E-state index contributed by atoms with van der Waals surface area (Å²) >= 11 is 0. The van der Waals surface area contributed by atoms with Crippen molar-refractivity contribution in [2.24, 2.45) is 11.8 Å². The number of aromatic nitrogens is 1. The minimum absolute atomic E-state index is 0.0940. The second kappa shape index (κ2) is 9.89. The summed E-state index contributed by atoms with van der Waals surface area (Å²) in [5.74, 6) is 0.212. The summed E-state index contributed by atoms with van der Waals surface area (Å²) in [6.07, 6.45) is 9.68. The molecule has 7 heteroatoms. The number of carbonyl (C=O) groups excluding carboxylic acids is 3. The number of amides is 3. The molecule has 1 saturated heterocycles. The van der Waals surface area contributed by atoms with Gasteiger partial charge in [0.1, 0.15) is 12.1 Å². The SMILES string of the molecule is CCC(C)CC(=O)NC1CCC2=C3C(=CC(C)C2)CC(C(=O)NCc2cccnc2)N3C1=O. The molecule has 3 heterocycles. The van der Waals surface area contributed by atoms with Crippen LogP contribution in [0.5, 0.6) is 0 Å². The number of nitrogens with one attached hydrogen (secondary N) is 2. The van der Waals surface area contributed by atoms with Crippen LogP contribution in [0, 0.1) is 11.8 Å². The van der Waals surface area contributed by atoms with E-state index in [9.17, 15) is 14.4 Å². The van der Waals surface area contributed by atoms with Crippen molar-refractivity contribution < 1.29 is 14.4 Å². The molecule has 0 aromatic carbocycles. The normalized spacial score (nSPS) is 25.2. The van der Waals surface area contributed by atoms with Crippen LogP contribution in [0.3, 0.4) is 0 Å². The number of carbonyl (C=O) groups is 3. The Morgan fingerprint density at radius 3 is 2.85 bits per heavy atom. The topological polar surface area (TPSA) is 91.4 Å². The van der Waals surface area contributed by atoms with Gasteiger partial charge >= 0.3 is 0 Å².